The van der Waals surface area contributed by atoms with Crippen LogP contribution in [0.15, 0.2) is 18.2 Å². The average molecular weight is 245 g/mol. The Morgan fingerprint density at radius 1 is 1.22 bits per heavy atom. The van der Waals surface area contributed by atoms with Crippen molar-refractivity contribution in [2.24, 2.45) is 0 Å². The van der Waals surface area contributed by atoms with E-state index in [0.29, 0.717) is 17.6 Å². The van der Waals surface area contributed by atoms with Crippen LogP contribution in [-0.4, -0.2) is 25.2 Å². The van der Waals surface area contributed by atoms with Crippen molar-refractivity contribution in [1.29, 1.82) is 5.26 Å². The minimum Gasteiger partial charge on any atom is -0.370 e. The predicted octanol–water partition coefficient (Wildman–Crippen LogP) is 2.03. The molecule has 4 heteroatoms. The number of nitrogens with zero attached hydrogens (tertiary/aromatic N) is 2. The molecular formula is C14H16FN3. The lowest BCUT2D eigenvalue weighted by Gasteiger charge is -2.26. The molecule has 2 heterocycles. The first-order chi connectivity index (χ1) is 8.74. The Labute approximate surface area is 106 Å². The fraction of sp³-hybridized carbons (Fsp3) is 0.500. The largest absolute Gasteiger partial charge is 0.370 e. The van der Waals surface area contributed by atoms with Gasteiger partial charge in [0.15, 0.2) is 0 Å². The smallest absolute Gasteiger partial charge is 0.126 e. The normalized spacial score (nSPS) is 26.8. The van der Waals surface area contributed by atoms with Crippen LogP contribution in [0, 0.1) is 17.1 Å². The second-order valence-electron chi connectivity index (χ2n) is 5.18. The number of fused-ring (bicyclic) bond motifs is 2. The van der Waals surface area contributed by atoms with Crippen molar-refractivity contribution >= 4 is 5.69 Å². The van der Waals surface area contributed by atoms with Crippen molar-refractivity contribution in [3.8, 4) is 6.07 Å². The Kier molecular flexibility index (Phi) is 2.92. The molecule has 1 aromatic carbocycles. The van der Waals surface area contributed by atoms with Gasteiger partial charge in [0.25, 0.3) is 0 Å². The summed E-state index contributed by atoms with van der Waals surface area (Å²) < 4.78 is 13.5. The van der Waals surface area contributed by atoms with Crippen LogP contribution in [0.3, 0.4) is 0 Å². The molecule has 2 aliphatic rings. The van der Waals surface area contributed by atoms with Crippen LogP contribution in [0.5, 0.6) is 0 Å². The molecule has 0 aromatic heterocycles. The second kappa shape index (κ2) is 4.58. The molecule has 2 aliphatic heterocycles. The summed E-state index contributed by atoms with van der Waals surface area (Å²) in [5, 5.41) is 12.5. The standard InChI is InChI=1S/C14H16FN3/c15-11-5-10(8-16)6-14(7-11)18-4-3-12-1-2-13(9-18)17-12/h5-7,12-13,17H,1-4,9H2. The van der Waals surface area contributed by atoms with E-state index < -0.39 is 0 Å². The second-order valence-corrected chi connectivity index (χ2v) is 5.18. The van der Waals surface area contributed by atoms with E-state index in [1.807, 2.05) is 6.07 Å². The molecule has 0 amide bonds. The molecule has 0 aliphatic carbocycles. The maximum atomic E-state index is 13.5. The lowest BCUT2D eigenvalue weighted by atomic mass is 10.1. The summed E-state index contributed by atoms with van der Waals surface area (Å²) in [7, 11) is 0. The molecular weight excluding hydrogens is 229 g/mol. The molecule has 2 fully saturated rings. The van der Waals surface area contributed by atoms with Crippen molar-refractivity contribution in [2.45, 2.75) is 31.3 Å². The molecule has 18 heavy (non-hydrogen) atoms. The first-order valence-corrected chi connectivity index (χ1v) is 6.46. The number of benzene rings is 1. The van der Waals surface area contributed by atoms with E-state index in [-0.39, 0.29) is 5.82 Å². The molecule has 94 valence electrons. The van der Waals surface area contributed by atoms with Crippen molar-refractivity contribution in [1.82, 2.24) is 5.32 Å². The van der Waals surface area contributed by atoms with Gasteiger partial charge in [0.05, 0.1) is 11.6 Å². The SMILES string of the molecule is N#Cc1cc(F)cc(N2CCC3CCC(C2)N3)c1. The highest BCUT2D eigenvalue weighted by molar-refractivity contribution is 5.52. The van der Waals surface area contributed by atoms with E-state index in [1.54, 1.807) is 6.07 Å². The summed E-state index contributed by atoms with van der Waals surface area (Å²) in [4.78, 5) is 2.20. The topological polar surface area (TPSA) is 39.1 Å². The van der Waals surface area contributed by atoms with Gasteiger partial charge in [-0.15, -0.1) is 0 Å². The molecule has 0 saturated carbocycles. The van der Waals surface area contributed by atoms with Gasteiger partial charge in [0, 0.05) is 30.9 Å². The Morgan fingerprint density at radius 3 is 2.89 bits per heavy atom. The van der Waals surface area contributed by atoms with Gasteiger partial charge < -0.3 is 10.2 Å². The number of anilines is 1. The number of nitriles is 1. The maximum absolute atomic E-state index is 13.5. The van der Waals surface area contributed by atoms with Gasteiger partial charge in [-0.2, -0.15) is 5.26 Å². The summed E-state index contributed by atoms with van der Waals surface area (Å²) in [6.07, 6.45) is 3.54. The first-order valence-electron chi connectivity index (χ1n) is 6.46. The lowest BCUT2D eigenvalue weighted by molar-refractivity contribution is 0.563. The Bertz CT molecular complexity index is 494. The first kappa shape index (κ1) is 11.5. The lowest BCUT2D eigenvalue weighted by Crippen LogP contribution is -2.35. The summed E-state index contributed by atoms with van der Waals surface area (Å²) >= 11 is 0. The number of hydrogen-bond acceptors (Lipinski definition) is 3. The highest BCUT2D eigenvalue weighted by Crippen LogP contribution is 2.25. The van der Waals surface area contributed by atoms with Crippen molar-refractivity contribution in [3.05, 3.63) is 29.6 Å². The van der Waals surface area contributed by atoms with E-state index in [9.17, 15) is 4.39 Å². The summed E-state index contributed by atoms with van der Waals surface area (Å²) in [5.41, 5.74) is 1.23. The van der Waals surface area contributed by atoms with Crippen LogP contribution in [0.4, 0.5) is 10.1 Å². The van der Waals surface area contributed by atoms with E-state index in [4.69, 9.17) is 5.26 Å². The molecule has 0 radical (unpaired) electrons. The Morgan fingerprint density at radius 2 is 2.06 bits per heavy atom. The quantitative estimate of drug-likeness (QED) is 0.822. The molecule has 2 atom stereocenters. The third kappa shape index (κ3) is 2.19. The van der Waals surface area contributed by atoms with Gasteiger partial charge in [-0.1, -0.05) is 0 Å². The molecule has 2 saturated heterocycles. The number of hydrogen-bond donors (Lipinski definition) is 1. The van der Waals surface area contributed by atoms with Crippen LogP contribution in [0.25, 0.3) is 0 Å². The zero-order valence-corrected chi connectivity index (χ0v) is 10.2. The monoisotopic (exact) mass is 245 g/mol. The molecule has 3 rings (SSSR count). The Hall–Kier alpha value is -1.60. The van der Waals surface area contributed by atoms with Gasteiger partial charge in [-0.3, -0.25) is 0 Å². The number of halogens is 1. The van der Waals surface area contributed by atoms with E-state index in [0.717, 1.165) is 25.2 Å². The van der Waals surface area contributed by atoms with Crippen molar-refractivity contribution in [3.63, 3.8) is 0 Å². The third-order valence-corrected chi connectivity index (χ3v) is 3.90. The minimum absolute atomic E-state index is 0.327. The van der Waals surface area contributed by atoms with Gasteiger partial charge in [0.1, 0.15) is 5.82 Å². The van der Waals surface area contributed by atoms with E-state index >= 15 is 0 Å². The minimum atomic E-state index is -0.327. The van der Waals surface area contributed by atoms with Crippen molar-refractivity contribution in [2.75, 3.05) is 18.0 Å². The van der Waals surface area contributed by atoms with Crippen LogP contribution >= 0.6 is 0 Å². The highest BCUT2D eigenvalue weighted by Gasteiger charge is 2.29. The molecule has 1 N–H and O–H groups in total. The van der Waals surface area contributed by atoms with E-state index in [1.165, 1.54) is 25.0 Å². The van der Waals surface area contributed by atoms with Gasteiger partial charge >= 0.3 is 0 Å². The molecule has 1 aromatic rings. The van der Waals surface area contributed by atoms with Gasteiger partial charge in [-0.05, 0) is 37.5 Å². The van der Waals surface area contributed by atoms with Crippen molar-refractivity contribution < 1.29 is 4.39 Å². The Balaban J connectivity index is 1.86. The van der Waals surface area contributed by atoms with Crippen LogP contribution in [0.2, 0.25) is 0 Å². The molecule has 2 bridgehead atoms. The van der Waals surface area contributed by atoms with Crippen LogP contribution in [0.1, 0.15) is 24.8 Å². The maximum Gasteiger partial charge on any atom is 0.126 e. The zero-order valence-electron chi connectivity index (χ0n) is 10.2. The van der Waals surface area contributed by atoms with Crippen LogP contribution < -0.4 is 10.2 Å². The average Bonchev–Trinajstić information content (AvgIpc) is 2.68. The highest BCUT2D eigenvalue weighted by atomic mass is 19.1. The molecule has 2 unspecified atom stereocenters. The van der Waals surface area contributed by atoms with E-state index in [2.05, 4.69) is 10.2 Å². The molecule has 0 spiro atoms. The summed E-state index contributed by atoms with van der Waals surface area (Å²) in [6, 6.07) is 7.73. The summed E-state index contributed by atoms with van der Waals surface area (Å²) in [5.74, 6) is -0.327. The van der Waals surface area contributed by atoms with Crippen LogP contribution in [-0.2, 0) is 0 Å². The molecule has 3 nitrogen and oxygen atoms in total. The zero-order chi connectivity index (χ0) is 12.5. The predicted molar refractivity (Wildman–Crippen MR) is 67.9 cm³/mol. The fourth-order valence-electron chi connectivity index (χ4n) is 3.00. The fourth-order valence-corrected chi connectivity index (χ4v) is 3.00. The summed E-state index contributed by atoms with van der Waals surface area (Å²) in [6.45, 7) is 1.84. The number of rotatable bonds is 1. The third-order valence-electron chi connectivity index (χ3n) is 3.90. The van der Waals surface area contributed by atoms with Gasteiger partial charge in [0.2, 0.25) is 0 Å². The van der Waals surface area contributed by atoms with Gasteiger partial charge in [-0.25, -0.2) is 4.39 Å². The number of nitrogens with one attached hydrogen (secondary N) is 1.